The molecule has 1 N–H and O–H groups in total. The highest BCUT2D eigenvalue weighted by Gasteiger charge is 2.26. The minimum absolute atomic E-state index is 0.138. The highest BCUT2D eigenvalue weighted by Crippen LogP contribution is 2.33. The Morgan fingerprint density at radius 2 is 2.00 bits per heavy atom. The summed E-state index contributed by atoms with van der Waals surface area (Å²) < 4.78 is 24.1. The second kappa shape index (κ2) is 6.73. The second-order valence-electron chi connectivity index (χ2n) is 6.89. The Morgan fingerprint density at radius 1 is 1.14 bits per heavy atom. The summed E-state index contributed by atoms with van der Waals surface area (Å²) in [4.78, 5) is 34.4. The number of fused-ring (bicyclic) bond motifs is 2. The summed E-state index contributed by atoms with van der Waals surface area (Å²) in [5.74, 6) is 0.873. The number of halogens is 1. The fraction of sp³-hybridized carbons (Fsp3) is 0.190. The Morgan fingerprint density at radius 3 is 2.86 bits per heavy atom. The SMILES string of the molecule is O=C(c1ccc2c(c1)OCO2)N1CCc2nc(-c3cccc(F)c3)[nH]c(=O)c2C1. The summed E-state index contributed by atoms with van der Waals surface area (Å²) in [6.45, 7) is 0.729. The molecule has 0 unspecified atom stereocenters. The van der Waals surface area contributed by atoms with Gasteiger partial charge in [0.05, 0.1) is 17.8 Å². The molecule has 0 bridgehead atoms. The molecule has 2 aromatic carbocycles. The second-order valence-corrected chi connectivity index (χ2v) is 6.89. The van der Waals surface area contributed by atoms with E-state index in [1.165, 1.54) is 12.1 Å². The van der Waals surface area contributed by atoms with Gasteiger partial charge in [-0.2, -0.15) is 0 Å². The number of carbonyl (C=O) groups is 1. The van der Waals surface area contributed by atoms with E-state index >= 15 is 0 Å². The first-order chi connectivity index (χ1) is 14.1. The van der Waals surface area contributed by atoms with Crippen LogP contribution in [0, 0.1) is 5.82 Å². The van der Waals surface area contributed by atoms with Crippen LogP contribution in [0.15, 0.2) is 47.3 Å². The van der Waals surface area contributed by atoms with Gasteiger partial charge in [0.1, 0.15) is 11.6 Å². The summed E-state index contributed by atoms with van der Waals surface area (Å²) in [6.07, 6.45) is 0.442. The molecule has 0 atom stereocenters. The van der Waals surface area contributed by atoms with Crippen molar-refractivity contribution in [2.75, 3.05) is 13.3 Å². The average molecular weight is 393 g/mol. The minimum Gasteiger partial charge on any atom is -0.454 e. The maximum atomic E-state index is 13.5. The molecule has 0 aliphatic carbocycles. The molecule has 2 aliphatic heterocycles. The van der Waals surface area contributed by atoms with E-state index in [1.807, 2.05) is 0 Å². The van der Waals surface area contributed by atoms with Gasteiger partial charge in [0, 0.05) is 24.1 Å². The van der Waals surface area contributed by atoms with Crippen molar-refractivity contribution in [3.05, 3.63) is 75.5 Å². The van der Waals surface area contributed by atoms with Crippen LogP contribution < -0.4 is 15.0 Å². The lowest BCUT2D eigenvalue weighted by molar-refractivity contribution is 0.0732. The molecule has 0 saturated heterocycles. The predicted octanol–water partition coefficient (Wildman–Crippen LogP) is 2.50. The molecule has 1 aromatic heterocycles. The van der Waals surface area contributed by atoms with Crippen molar-refractivity contribution >= 4 is 5.91 Å². The molecule has 3 aromatic rings. The van der Waals surface area contributed by atoms with Gasteiger partial charge in [-0.1, -0.05) is 12.1 Å². The van der Waals surface area contributed by atoms with E-state index in [1.54, 1.807) is 35.2 Å². The maximum Gasteiger partial charge on any atom is 0.256 e. The summed E-state index contributed by atoms with van der Waals surface area (Å²) >= 11 is 0. The molecule has 0 spiro atoms. The molecule has 3 heterocycles. The smallest absolute Gasteiger partial charge is 0.256 e. The van der Waals surface area contributed by atoms with E-state index in [0.29, 0.717) is 52.7 Å². The van der Waals surface area contributed by atoms with Gasteiger partial charge in [-0.3, -0.25) is 9.59 Å². The summed E-state index contributed by atoms with van der Waals surface area (Å²) in [7, 11) is 0. The Labute approximate surface area is 164 Å². The van der Waals surface area contributed by atoms with Crippen molar-refractivity contribution in [3.8, 4) is 22.9 Å². The number of benzene rings is 2. The number of rotatable bonds is 2. The van der Waals surface area contributed by atoms with Crippen molar-refractivity contribution in [1.82, 2.24) is 14.9 Å². The van der Waals surface area contributed by atoms with Gasteiger partial charge < -0.3 is 19.4 Å². The van der Waals surface area contributed by atoms with E-state index in [9.17, 15) is 14.0 Å². The number of H-pyrrole nitrogens is 1. The zero-order valence-corrected chi connectivity index (χ0v) is 15.3. The summed E-state index contributed by atoms with van der Waals surface area (Å²) in [5, 5.41) is 0. The summed E-state index contributed by atoms with van der Waals surface area (Å²) in [6, 6.07) is 10.9. The van der Waals surface area contributed by atoms with Crippen molar-refractivity contribution < 1.29 is 18.7 Å². The van der Waals surface area contributed by atoms with E-state index in [4.69, 9.17) is 9.47 Å². The fourth-order valence-corrected chi connectivity index (χ4v) is 3.58. The number of aromatic amines is 1. The number of hydrogen-bond acceptors (Lipinski definition) is 5. The van der Waals surface area contributed by atoms with Crippen LogP contribution in [0.3, 0.4) is 0 Å². The van der Waals surface area contributed by atoms with Gasteiger partial charge in [-0.25, -0.2) is 9.37 Å². The van der Waals surface area contributed by atoms with Crippen molar-refractivity contribution in [2.24, 2.45) is 0 Å². The maximum absolute atomic E-state index is 13.5. The monoisotopic (exact) mass is 393 g/mol. The summed E-state index contributed by atoms with van der Waals surface area (Å²) in [5.41, 5.74) is 1.73. The Bertz CT molecular complexity index is 1190. The highest BCUT2D eigenvalue weighted by molar-refractivity contribution is 5.95. The normalized spacial score (nSPS) is 14.6. The molecular formula is C21H16FN3O4. The van der Waals surface area contributed by atoms with Crippen molar-refractivity contribution in [1.29, 1.82) is 0 Å². The van der Waals surface area contributed by atoms with Gasteiger partial charge in [0.2, 0.25) is 6.79 Å². The average Bonchev–Trinajstić information content (AvgIpc) is 3.21. The zero-order valence-electron chi connectivity index (χ0n) is 15.3. The van der Waals surface area contributed by atoms with Gasteiger partial charge in [-0.15, -0.1) is 0 Å². The molecule has 0 radical (unpaired) electrons. The first-order valence-corrected chi connectivity index (χ1v) is 9.15. The van der Waals surface area contributed by atoms with Crippen LogP contribution in [-0.4, -0.2) is 34.1 Å². The van der Waals surface area contributed by atoms with Gasteiger partial charge in [-0.05, 0) is 30.3 Å². The number of nitrogens with zero attached hydrogens (tertiary/aromatic N) is 2. The molecule has 8 heteroatoms. The Kier molecular flexibility index (Phi) is 4.04. The molecule has 0 saturated carbocycles. The molecule has 7 nitrogen and oxygen atoms in total. The van der Waals surface area contributed by atoms with Gasteiger partial charge >= 0.3 is 0 Å². The standard InChI is InChI=1S/C21H16FN3O4/c22-14-3-1-2-12(8-14)19-23-16-6-7-25(10-15(16)20(26)24-19)21(27)13-4-5-17-18(9-13)29-11-28-17/h1-5,8-9H,6-7,10-11H2,(H,23,24,26). The molecule has 1 amide bonds. The lowest BCUT2D eigenvalue weighted by atomic mass is 10.0. The predicted molar refractivity (Wildman–Crippen MR) is 101 cm³/mol. The van der Waals surface area contributed by atoms with E-state index in [2.05, 4.69) is 9.97 Å². The van der Waals surface area contributed by atoms with Crippen LogP contribution in [0.1, 0.15) is 21.6 Å². The third-order valence-corrected chi connectivity index (χ3v) is 5.07. The first-order valence-electron chi connectivity index (χ1n) is 9.15. The molecular weight excluding hydrogens is 377 g/mol. The fourth-order valence-electron chi connectivity index (χ4n) is 3.58. The lowest BCUT2D eigenvalue weighted by Crippen LogP contribution is -2.39. The number of aromatic nitrogens is 2. The number of carbonyl (C=O) groups excluding carboxylic acids is 1. The third-order valence-electron chi connectivity index (χ3n) is 5.07. The van der Waals surface area contributed by atoms with Crippen molar-refractivity contribution in [2.45, 2.75) is 13.0 Å². The largest absolute Gasteiger partial charge is 0.454 e. The van der Waals surface area contributed by atoms with Crippen LogP contribution in [0.4, 0.5) is 4.39 Å². The van der Waals surface area contributed by atoms with E-state index in [0.717, 1.165) is 0 Å². The van der Waals surface area contributed by atoms with Crippen LogP contribution in [0.2, 0.25) is 0 Å². The zero-order chi connectivity index (χ0) is 20.0. The Hall–Kier alpha value is -3.68. The van der Waals surface area contributed by atoms with Crippen LogP contribution >= 0.6 is 0 Å². The van der Waals surface area contributed by atoms with Gasteiger partial charge in [0.25, 0.3) is 11.5 Å². The molecule has 2 aliphatic rings. The third kappa shape index (κ3) is 3.12. The quantitative estimate of drug-likeness (QED) is 0.723. The molecule has 146 valence electrons. The molecule has 0 fully saturated rings. The van der Waals surface area contributed by atoms with Gasteiger partial charge in [0.15, 0.2) is 11.5 Å². The minimum atomic E-state index is -0.400. The molecule has 29 heavy (non-hydrogen) atoms. The van der Waals surface area contributed by atoms with Crippen molar-refractivity contribution in [3.63, 3.8) is 0 Å². The van der Waals surface area contributed by atoms with Crippen LogP contribution in [-0.2, 0) is 13.0 Å². The number of ether oxygens (including phenoxy) is 2. The highest BCUT2D eigenvalue weighted by atomic mass is 19.1. The topological polar surface area (TPSA) is 84.5 Å². The lowest BCUT2D eigenvalue weighted by Gasteiger charge is -2.28. The van der Waals surface area contributed by atoms with Crippen LogP contribution in [0.5, 0.6) is 11.5 Å². The first kappa shape index (κ1) is 17.4. The van der Waals surface area contributed by atoms with E-state index in [-0.39, 0.29) is 24.8 Å². The number of amides is 1. The number of nitrogens with one attached hydrogen (secondary N) is 1. The molecule has 5 rings (SSSR count). The van der Waals surface area contributed by atoms with E-state index < -0.39 is 5.82 Å². The Balaban J connectivity index is 1.42. The number of hydrogen-bond donors (Lipinski definition) is 1. The van der Waals surface area contributed by atoms with Crippen LogP contribution in [0.25, 0.3) is 11.4 Å².